The Kier molecular flexibility index (Phi) is 5.56. The lowest BCUT2D eigenvalue weighted by Crippen LogP contribution is -2.25. The van der Waals surface area contributed by atoms with E-state index in [2.05, 4.69) is 121 Å². The van der Waals surface area contributed by atoms with Crippen LogP contribution in [0.5, 0.6) is 0 Å². The van der Waals surface area contributed by atoms with Crippen molar-refractivity contribution in [3.63, 3.8) is 0 Å². The molecule has 50 heavy (non-hydrogen) atoms. The van der Waals surface area contributed by atoms with Gasteiger partial charge in [-0.15, -0.1) is 0 Å². The van der Waals surface area contributed by atoms with E-state index in [-0.39, 0.29) is 0 Å². The van der Waals surface area contributed by atoms with Crippen molar-refractivity contribution in [2.45, 2.75) is 5.41 Å². The van der Waals surface area contributed by atoms with Crippen LogP contribution in [0.1, 0.15) is 22.3 Å². The quantitative estimate of drug-likeness (QED) is 0.193. The highest BCUT2D eigenvalue weighted by molar-refractivity contribution is 6.09. The van der Waals surface area contributed by atoms with Crippen molar-refractivity contribution in [1.29, 1.82) is 0 Å². The molecule has 2 aromatic heterocycles. The summed E-state index contributed by atoms with van der Waals surface area (Å²) in [6, 6.07) is 57.7. The first kappa shape index (κ1) is 27.3. The molecule has 0 aliphatic heterocycles. The van der Waals surface area contributed by atoms with Gasteiger partial charge < -0.3 is 4.42 Å². The third kappa shape index (κ3) is 3.57. The summed E-state index contributed by atoms with van der Waals surface area (Å²) in [4.78, 5) is 15.6. The smallest absolute Gasteiger partial charge is 0.167 e. The Hall–Kier alpha value is -6.65. The van der Waals surface area contributed by atoms with Gasteiger partial charge in [0.25, 0.3) is 0 Å². The number of hydrogen-bond acceptors (Lipinski definition) is 4. The summed E-state index contributed by atoms with van der Waals surface area (Å²) in [5.74, 6) is 1.83. The van der Waals surface area contributed by atoms with Gasteiger partial charge in [-0.2, -0.15) is 0 Å². The number of aromatic nitrogens is 3. The molecule has 0 saturated heterocycles. The number of nitrogens with zero attached hydrogens (tertiary/aromatic N) is 3. The minimum Gasteiger partial charge on any atom is -0.455 e. The summed E-state index contributed by atoms with van der Waals surface area (Å²) in [5.41, 5.74) is 14.0. The van der Waals surface area contributed by atoms with Gasteiger partial charge >= 0.3 is 0 Å². The van der Waals surface area contributed by atoms with E-state index in [0.29, 0.717) is 17.5 Å². The van der Waals surface area contributed by atoms with Crippen molar-refractivity contribution in [1.82, 2.24) is 15.0 Å². The molecule has 0 unspecified atom stereocenters. The third-order valence-corrected chi connectivity index (χ3v) is 10.6. The minimum absolute atomic E-state index is 0.451. The highest BCUT2D eigenvalue weighted by atomic mass is 16.3. The SMILES string of the molecule is c1ccc(-c2nc(-c3cccc4c3-c3ccccc3C43c4ccccc4-c4ccccc43)nc(-c3cccc4c3oc3ccccc34)n2)cc1. The largest absolute Gasteiger partial charge is 0.455 e. The number of furan rings is 1. The maximum absolute atomic E-state index is 6.48. The van der Waals surface area contributed by atoms with Crippen LogP contribution >= 0.6 is 0 Å². The van der Waals surface area contributed by atoms with Crippen LogP contribution in [0.15, 0.2) is 168 Å². The predicted molar refractivity (Wildman–Crippen MR) is 200 cm³/mol. The van der Waals surface area contributed by atoms with Gasteiger partial charge in [-0.3, -0.25) is 0 Å². The predicted octanol–water partition coefficient (Wildman–Crippen LogP) is 11.1. The Morgan fingerprint density at radius 3 is 1.62 bits per heavy atom. The molecule has 7 aromatic carbocycles. The molecule has 0 bridgehead atoms. The van der Waals surface area contributed by atoms with Gasteiger partial charge in [0.1, 0.15) is 11.2 Å². The van der Waals surface area contributed by atoms with E-state index in [9.17, 15) is 0 Å². The fourth-order valence-corrected chi connectivity index (χ4v) is 8.59. The molecule has 0 fully saturated rings. The van der Waals surface area contributed by atoms with E-state index >= 15 is 0 Å². The van der Waals surface area contributed by atoms with Gasteiger partial charge in [0, 0.05) is 21.9 Å². The van der Waals surface area contributed by atoms with Crippen LogP contribution in [0, 0.1) is 0 Å². The molecule has 2 aliphatic carbocycles. The molecule has 0 saturated carbocycles. The fraction of sp³-hybridized carbons (Fsp3) is 0.0217. The second kappa shape index (κ2) is 10.2. The Bertz CT molecular complexity index is 2790. The molecule has 11 rings (SSSR count). The van der Waals surface area contributed by atoms with Gasteiger partial charge in [-0.1, -0.05) is 152 Å². The lowest BCUT2D eigenvalue weighted by molar-refractivity contribution is 0.669. The first-order valence-corrected chi connectivity index (χ1v) is 17.0. The van der Waals surface area contributed by atoms with Crippen molar-refractivity contribution in [3.05, 3.63) is 186 Å². The molecule has 2 aliphatic rings. The van der Waals surface area contributed by atoms with Crippen molar-refractivity contribution >= 4 is 21.9 Å². The van der Waals surface area contributed by atoms with E-state index in [4.69, 9.17) is 19.4 Å². The average molecular weight is 638 g/mol. The molecule has 0 N–H and O–H groups in total. The summed E-state index contributed by atoms with van der Waals surface area (Å²) in [7, 11) is 0. The Morgan fingerprint density at radius 2 is 0.860 bits per heavy atom. The van der Waals surface area contributed by atoms with Crippen molar-refractivity contribution in [2.24, 2.45) is 0 Å². The second-order valence-corrected chi connectivity index (χ2v) is 13.1. The Balaban J connectivity index is 1.22. The zero-order chi connectivity index (χ0) is 32.8. The lowest BCUT2D eigenvalue weighted by atomic mass is 9.70. The van der Waals surface area contributed by atoms with Gasteiger partial charge in [-0.25, -0.2) is 15.0 Å². The van der Waals surface area contributed by atoms with Gasteiger partial charge in [0.05, 0.1) is 11.0 Å². The summed E-state index contributed by atoms with van der Waals surface area (Å²) in [6.07, 6.45) is 0. The number of benzene rings is 7. The second-order valence-electron chi connectivity index (χ2n) is 13.1. The molecule has 2 heterocycles. The van der Waals surface area contributed by atoms with E-state index in [0.717, 1.165) is 44.2 Å². The molecule has 0 amide bonds. The van der Waals surface area contributed by atoms with Crippen molar-refractivity contribution < 1.29 is 4.42 Å². The molecular weight excluding hydrogens is 611 g/mol. The monoisotopic (exact) mass is 637 g/mol. The molecule has 4 heteroatoms. The van der Waals surface area contributed by atoms with Gasteiger partial charge in [-0.05, 0) is 56.6 Å². The maximum Gasteiger partial charge on any atom is 0.167 e. The van der Waals surface area contributed by atoms with E-state index in [1.165, 1.54) is 38.9 Å². The maximum atomic E-state index is 6.48. The van der Waals surface area contributed by atoms with Gasteiger partial charge in [0.2, 0.25) is 0 Å². The van der Waals surface area contributed by atoms with Crippen LogP contribution in [0.3, 0.4) is 0 Å². The third-order valence-electron chi connectivity index (χ3n) is 10.6. The number of fused-ring (bicyclic) bond motifs is 13. The van der Waals surface area contributed by atoms with Crippen molar-refractivity contribution in [3.8, 4) is 56.4 Å². The molecule has 0 radical (unpaired) electrons. The summed E-state index contributed by atoms with van der Waals surface area (Å²) in [6.45, 7) is 0. The normalized spacial score (nSPS) is 13.4. The number of rotatable bonds is 3. The molecule has 0 atom stereocenters. The molecule has 1 spiro atoms. The van der Waals surface area contributed by atoms with Crippen LogP contribution in [-0.4, -0.2) is 15.0 Å². The fourth-order valence-electron chi connectivity index (χ4n) is 8.59. The standard InChI is InChI=1S/C46H27N3O/c1-2-14-28(15-3-1)43-47-44(49-45(48-43)35-22-12-20-32-31-18-7-11-27-40(31)50-42(32)35)34-21-13-26-39-41(34)33-19-6-10-25-38(33)46(39)36-23-8-4-16-29(36)30-17-5-9-24-37(30)46/h1-27H. The topological polar surface area (TPSA) is 51.8 Å². The van der Waals surface area contributed by atoms with E-state index in [1.807, 2.05) is 42.5 Å². The molecule has 4 nitrogen and oxygen atoms in total. The zero-order valence-corrected chi connectivity index (χ0v) is 26.8. The van der Waals surface area contributed by atoms with Crippen LogP contribution < -0.4 is 0 Å². The van der Waals surface area contributed by atoms with Crippen LogP contribution in [0.25, 0.3) is 78.4 Å². The molecule has 9 aromatic rings. The lowest BCUT2D eigenvalue weighted by Gasteiger charge is -2.30. The highest BCUT2D eigenvalue weighted by Gasteiger charge is 2.52. The van der Waals surface area contributed by atoms with Gasteiger partial charge in [0.15, 0.2) is 17.5 Å². The average Bonchev–Trinajstić information content (AvgIpc) is 3.82. The van der Waals surface area contributed by atoms with Crippen LogP contribution in [0.2, 0.25) is 0 Å². The summed E-state index contributed by atoms with van der Waals surface area (Å²) < 4.78 is 6.48. The summed E-state index contributed by atoms with van der Waals surface area (Å²) >= 11 is 0. The van der Waals surface area contributed by atoms with E-state index < -0.39 is 5.41 Å². The molecule has 232 valence electrons. The first-order valence-electron chi connectivity index (χ1n) is 17.0. The van der Waals surface area contributed by atoms with Crippen molar-refractivity contribution in [2.75, 3.05) is 0 Å². The van der Waals surface area contributed by atoms with Crippen LogP contribution in [-0.2, 0) is 5.41 Å². The minimum atomic E-state index is -0.451. The Morgan fingerprint density at radius 1 is 0.360 bits per heavy atom. The first-order chi connectivity index (χ1) is 24.8. The van der Waals surface area contributed by atoms with Crippen LogP contribution in [0.4, 0.5) is 0 Å². The van der Waals surface area contributed by atoms with E-state index in [1.54, 1.807) is 0 Å². The highest BCUT2D eigenvalue weighted by Crippen LogP contribution is 2.63. The molecular formula is C46H27N3O. The summed E-state index contributed by atoms with van der Waals surface area (Å²) in [5, 5.41) is 2.11. The zero-order valence-electron chi connectivity index (χ0n) is 26.8. The number of hydrogen-bond donors (Lipinski definition) is 0. The number of para-hydroxylation sites is 2. The Labute approximate surface area is 288 Å².